The molecule has 0 unspecified atom stereocenters. The van der Waals surface area contributed by atoms with Crippen LogP contribution < -0.4 is 0 Å². The van der Waals surface area contributed by atoms with Crippen molar-refractivity contribution < 1.29 is 4.79 Å². The minimum Gasteiger partial charge on any atom is -0.361 e. The number of carbonyl (C=O) groups excluding carboxylic acids is 1. The van der Waals surface area contributed by atoms with Gasteiger partial charge < -0.3 is 9.88 Å². The van der Waals surface area contributed by atoms with Crippen LogP contribution in [-0.4, -0.2) is 38.7 Å². The van der Waals surface area contributed by atoms with Crippen molar-refractivity contribution in [3.8, 4) is 11.3 Å². The molecule has 94 valence electrons. The van der Waals surface area contributed by atoms with Crippen LogP contribution in [-0.2, 0) is 4.79 Å². The standard InChI is InChI=1S/C13H16N4O/c1-10(18)16-6-4-12(9-16)17-8-11(7-15-17)13-3-2-5-14-13/h2-3,5,7-8,12,14H,4,6,9H2,1H3/t12-/m1/s1. The Morgan fingerprint density at radius 1 is 1.56 bits per heavy atom. The van der Waals surface area contributed by atoms with Gasteiger partial charge in [-0.3, -0.25) is 9.48 Å². The van der Waals surface area contributed by atoms with Gasteiger partial charge in [0.2, 0.25) is 5.91 Å². The van der Waals surface area contributed by atoms with Crippen LogP contribution in [0.1, 0.15) is 19.4 Å². The number of nitrogens with zero attached hydrogens (tertiary/aromatic N) is 3. The van der Waals surface area contributed by atoms with E-state index >= 15 is 0 Å². The van der Waals surface area contributed by atoms with Gasteiger partial charge in [-0.2, -0.15) is 5.10 Å². The minimum absolute atomic E-state index is 0.147. The van der Waals surface area contributed by atoms with Gasteiger partial charge in [0.15, 0.2) is 0 Å². The molecular formula is C13H16N4O. The molecule has 0 aliphatic carbocycles. The van der Waals surface area contributed by atoms with Gasteiger partial charge in [0.05, 0.1) is 12.2 Å². The second-order valence-corrected chi connectivity index (χ2v) is 4.70. The Balaban J connectivity index is 1.77. The van der Waals surface area contributed by atoms with E-state index < -0.39 is 0 Å². The number of nitrogens with one attached hydrogen (secondary N) is 1. The predicted octanol–water partition coefficient (Wildman–Crippen LogP) is 1.67. The van der Waals surface area contributed by atoms with Gasteiger partial charge in [-0.15, -0.1) is 0 Å². The molecule has 0 saturated carbocycles. The third-order valence-corrected chi connectivity index (χ3v) is 3.49. The molecule has 2 aromatic heterocycles. The lowest BCUT2D eigenvalue weighted by molar-refractivity contribution is -0.127. The molecular weight excluding hydrogens is 228 g/mol. The summed E-state index contributed by atoms with van der Waals surface area (Å²) in [5.41, 5.74) is 2.16. The van der Waals surface area contributed by atoms with Crippen LogP contribution in [0.2, 0.25) is 0 Å². The molecule has 1 aliphatic heterocycles. The summed E-state index contributed by atoms with van der Waals surface area (Å²) < 4.78 is 1.97. The fraction of sp³-hybridized carbons (Fsp3) is 0.385. The molecule has 1 saturated heterocycles. The first-order valence-electron chi connectivity index (χ1n) is 6.17. The van der Waals surface area contributed by atoms with Crippen LogP contribution in [0.25, 0.3) is 11.3 Å². The highest BCUT2D eigenvalue weighted by Gasteiger charge is 2.25. The van der Waals surface area contributed by atoms with Crippen molar-refractivity contribution in [3.63, 3.8) is 0 Å². The molecule has 1 aliphatic rings. The normalized spacial score (nSPS) is 19.4. The maximum absolute atomic E-state index is 11.3. The Bertz CT molecular complexity index is 543. The van der Waals surface area contributed by atoms with Crippen molar-refractivity contribution in [1.82, 2.24) is 19.7 Å². The van der Waals surface area contributed by atoms with E-state index in [0.29, 0.717) is 6.04 Å². The lowest BCUT2D eigenvalue weighted by Crippen LogP contribution is -2.26. The first-order chi connectivity index (χ1) is 8.74. The molecule has 0 aromatic carbocycles. The Labute approximate surface area is 105 Å². The fourth-order valence-electron chi connectivity index (χ4n) is 2.43. The molecule has 5 heteroatoms. The number of amides is 1. The fourth-order valence-corrected chi connectivity index (χ4v) is 2.43. The Morgan fingerprint density at radius 2 is 2.44 bits per heavy atom. The summed E-state index contributed by atoms with van der Waals surface area (Å²) in [4.78, 5) is 16.3. The molecule has 3 rings (SSSR count). The molecule has 0 radical (unpaired) electrons. The van der Waals surface area contributed by atoms with Gasteiger partial charge in [0, 0.05) is 43.7 Å². The highest BCUT2D eigenvalue weighted by atomic mass is 16.2. The van der Waals surface area contributed by atoms with E-state index in [1.165, 1.54) is 0 Å². The topological polar surface area (TPSA) is 53.9 Å². The van der Waals surface area contributed by atoms with Crippen LogP contribution in [0.4, 0.5) is 0 Å². The number of likely N-dealkylation sites (tertiary alicyclic amines) is 1. The predicted molar refractivity (Wildman–Crippen MR) is 67.9 cm³/mol. The Kier molecular flexibility index (Phi) is 2.66. The molecule has 2 aromatic rings. The average molecular weight is 244 g/mol. The number of aromatic nitrogens is 3. The van der Waals surface area contributed by atoms with Gasteiger partial charge in [-0.05, 0) is 18.6 Å². The number of hydrogen-bond donors (Lipinski definition) is 1. The van der Waals surface area contributed by atoms with E-state index in [1.54, 1.807) is 6.92 Å². The number of H-pyrrole nitrogens is 1. The zero-order valence-electron chi connectivity index (χ0n) is 10.3. The third-order valence-electron chi connectivity index (χ3n) is 3.49. The van der Waals surface area contributed by atoms with E-state index in [0.717, 1.165) is 30.8 Å². The zero-order valence-corrected chi connectivity index (χ0v) is 10.3. The van der Waals surface area contributed by atoms with E-state index in [2.05, 4.69) is 10.1 Å². The van der Waals surface area contributed by atoms with E-state index in [-0.39, 0.29) is 5.91 Å². The number of carbonyl (C=O) groups is 1. The minimum atomic E-state index is 0.147. The van der Waals surface area contributed by atoms with Gasteiger partial charge in [0.25, 0.3) is 0 Å². The highest BCUT2D eigenvalue weighted by Crippen LogP contribution is 2.23. The molecule has 0 spiro atoms. The van der Waals surface area contributed by atoms with Gasteiger partial charge in [0.1, 0.15) is 0 Å². The van der Waals surface area contributed by atoms with Crippen LogP contribution >= 0.6 is 0 Å². The van der Waals surface area contributed by atoms with Crippen molar-refractivity contribution in [2.45, 2.75) is 19.4 Å². The number of rotatable bonds is 2. The monoisotopic (exact) mass is 244 g/mol. The molecule has 0 bridgehead atoms. The van der Waals surface area contributed by atoms with Crippen molar-refractivity contribution in [3.05, 3.63) is 30.7 Å². The average Bonchev–Trinajstić information content (AvgIpc) is 3.10. The van der Waals surface area contributed by atoms with E-state index in [1.807, 2.05) is 40.3 Å². The summed E-state index contributed by atoms with van der Waals surface area (Å²) in [6, 6.07) is 4.30. The molecule has 1 atom stereocenters. The van der Waals surface area contributed by atoms with Crippen LogP contribution in [0.5, 0.6) is 0 Å². The SMILES string of the molecule is CC(=O)N1CC[C@@H](n2cc(-c3ccc[nH]3)cn2)C1. The number of hydrogen-bond acceptors (Lipinski definition) is 2. The van der Waals surface area contributed by atoms with Gasteiger partial charge in [-0.1, -0.05) is 0 Å². The summed E-state index contributed by atoms with van der Waals surface area (Å²) >= 11 is 0. The second-order valence-electron chi connectivity index (χ2n) is 4.70. The molecule has 1 amide bonds. The first-order valence-corrected chi connectivity index (χ1v) is 6.17. The van der Waals surface area contributed by atoms with Crippen LogP contribution in [0, 0.1) is 0 Å². The smallest absolute Gasteiger partial charge is 0.219 e. The molecule has 1 N–H and O–H groups in total. The maximum Gasteiger partial charge on any atom is 0.219 e. The van der Waals surface area contributed by atoms with E-state index in [9.17, 15) is 4.79 Å². The molecule has 3 heterocycles. The highest BCUT2D eigenvalue weighted by molar-refractivity contribution is 5.73. The van der Waals surface area contributed by atoms with Gasteiger partial charge in [-0.25, -0.2) is 0 Å². The van der Waals surface area contributed by atoms with Crippen LogP contribution in [0.3, 0.4) is 0 Å². The largest absolute Gasteiger partial charge is 0.361 e. The third kappa shape index (κ3) is 1.92. The first kappa shape index (κ1) is 11.1. The molecule has 1 fully saturated rings. The van der Waals surface area contributed by atoms with Crippen LogP contribution in [0.15, 0.2) is 30.7 Å². The van der Waals surface area contributed by atoms with Crippen molar-refractivity contribution >= 4 is 5.91 Å². The second kappa shape index (κ2) is 4.33. The quantitative estimate of drug-likeness (QED) is 0.873. The summed E-state index contributed by atoms with van der Waals surface area (Å²) in [7, 11) is 0. The Hall–Kier alpha value is -2.04. The van der Waals surface area contributed by atoms with Gasteiger partial charge >= 0.3 is 0 Å². The van der Waals surface area contributed by atoms with Crippen molar-refractivity contribution in [2.75, 3.05) is 13.1 Å². The Morgan fingerprint density at radius 3 is 3.11 bits per heavy atom. The zero-order chi connectivity index (χ0) is 12.5. The lowest BCUT2D eigenvalue weighted by Gasteiger charge is -2.13. The lowest BCUT2D eigenvalue weighted by atomic mass is 10.2. The maximum atomic E-state index is 11.3. The van der Waals surface area contributed by atoms with Crippen molar-refractivity contribution in [1.29, 1.82) is 0 Å². The summed E-state index contributed by atoms with van der Waals surface area (Å²) in [6.45, 7) is 3.22. The van der Waals surface area contributed by atoms with E-state index in [4.69, 9.17) is 0 Å². The summed E-state index contributed by atoms with van der Waals surface area (Å²) in [5, 5.41) is 4.41. The molecule has 5 nitrogen and oxygen atoms in total. The molecule has 18 heavy (non-hydrogen) atoms. The number of aromatic amines is 1. The van der Waals surface area contributed by atoms with Crippen molar-refractivity contribution in [2.24, 2.45) is 0 Å². The summed E-state index contributed by atoms with van der Waals surface area (Å²) in [5.74, 6) is 0.147. The summed E-state index contributed by atoms with van der Waals surface area (Å²) in [6.07, 6.45) is 6.79.